The van der Waals surface area contributed by atoms with Crippen molar-refractivity contribution in [2.45, 2.75) is 328 Å². The lowest BCUT2D eigenvalue weighted by Gasteiger charge is -2.22. The summed E-state index contributed by atoms with van der Waals surface area (Å²) in [5.74, 6) is -0.0671. The molecule has 6 heteroatoms. The van der Waals surface area contributed by atoms with E-state index in [1.54, 1.807) is 0 Å². The van der Waals surface area contributed by atoms with Gasteiger partial charge in [-0.1, -0.05) is 264 Å². The van der Waals surface area contributed by atoms with Gasteiger partial charge in [0.15, 0.2) is 0 Å². The summed E-state index contributed by atoms with van der Waals surface area (Å²) in [5, 5.41) is 23.3. The molecule has 0 aliphatic carbocycles. The van der Waals surface area contributed by atoms with Gasteiger partial charge in [0.05, 0.1) is 25.4 Å². The van der Waals surface area contributed by atoms with E-state index in [0.717, 1.165) is 57.8 Å². The number of esters is 1. The maximum atomic E-state index is 12.5. The van der Waals surface area contributed by atoms with E-state index >= 15 is 0 Å². The first-order chi connectivity index (χ1) is 31.0. The van der Waals surface area contributed by atoms with Crippen molar-refractivity contribution in [1.82, 2.24) is 5.32 Å². The molecule has 0 aromatic carbocycles. The Labute approximate surface area is 393 Å². The van der Waals surface area contributed by atoms with Crippen molar-refractivity contribution >= 4 is 11.9 Å². The van der Waals surface area contributed by atoms with E-state index in [1.807, 2.05) is 0 Å². The second-order valence-corrected chi connectivity index (χ2v) is 19.6. The molecule has 1 amide bonds. The maximum Gasteiger partial charge on any atom is 0.305 e. The molecule has 2 unspecified atom stereocenters. The number of aliphatic hydroxyl groups excluding tert-OH is 2. The average Bonchev–Trinajstić information content (AvgIpc) is 3.28. The van der Waals surface area contributed by atoms with Gasteiger partial charge in [0, 0.05) is 12.8 Å². The molecular weight excluding hydrogens is 779 g/mol. The Kier molecular flexibility index (Phi) is 52.0. The molecule has 0 saturated carbocycles. The zero-order valence-electron chi connectivity index (χ0n) is 42.6. The third-order valence-electron chi connectivity index (χ3n) is 13.3. The largest absolute Gasteiger partial charge is 0.466 e. The van der Waals surface area contributed by atoms with Crippen LogP contribution in [0.5, 0.6) is 0 Å². The summed E-state index contributed by atoms with van der Waals surface area (Å²) in [6.07, 6.45) is 61.9. The first-order valence-electron chi connectivity index (χ1n) is 28.4. The Balaban J connectivity index is 3.45. The fraction of sp³-hybridized carbons (Fsp3) is 0.930. The van der Waals surface area contributed by atoms with Crippen LogP contribution >= 0.6 is 0 Å². The van der Waals surface area contributed by atoms with Crippen molar-refractivity contribution < 1.29 is 24.5 Å². The highest BCUT2D eigenvalue weighted by atomic mass is 16.5. The second kappa shape index (κ2) is 53.2. The molecule has 0 saturated heterocycles. The molecule has 0 aliphatic heterocycles. The molecule has 0 rings (SSSR count). The minimum atomic E-state index is -0.676. The van der Waals surface area contributed by atoms with Gasteiger partial charge in [0.25, 0.3) is 0 Å². The van der Waals surface area contributed by atoms with Gasteiger partial charge >= 0.3 is 5.97 Å². The number of carbonyl (C=O) groups excluding carboxylic acids is 2. The molecule has 2 atom stereocenters. The monoisotopic (exact) mass is 890 g/mol. The highest BCUT2D eigenvalue weighted by Crippen LogP contribution is 2.17. The number of rotatable bonds is 53. The smallest absolute Gasteiger partial charge is 0.305 e. The van der Waals surface area contributed by atoms with Crippen LogP contribution in [-0.2, 0) is 14.3 Å². The number of unbranched alkanes of at least 4 members (excludes halogenated alkanes) is 40. The Morgan fingerprint density at radius 1 is 0.429 bits per heavy atom. The third-order valence-corrected chi connectivity index (χ3v) is 13.3. The van der Waals surface area contributed by atoms with Crippen LogP contribution < -0.4 is 5.32 Å². The van der Waals surface area contributed by atoms with Gasteiger partial charge in [-0.05, 0) is 51.4 Å². The van der Waals surface area contributed by atoms with Crippen molar-refractivity contribution in [2.75, 3.05) is 13.2 Å². The number of nitrogens with one attached hydrogen (secondary N) is 1. The first kappa shape index (κ1) is 61.6. The minimum absolute atomic E-state index is 0.0156. The maximum absolute atomic E-state index is 12.5. The minimum Gasteiger partial charge on any atom is -0.466 e. The number of amides is 1. The zero-order valence-corrected chi connectivity index (χ0v) is 42.6. The van der Waals surface area contributed by atoms with Crippen LogP contribution in [0.4, 0.5) is 0 Å². The van der Waals surface area contributed by atoms with Crippen LogP contribution in [0.2, 0.25) is 0 Å². The highest BCUT2D eigenvalue weighted by Gasteiger charge is 2.20. The van der Waals surface area contributed by atoms with E-state index in [0.29, 0.717) is 25.9 Å². The molecule has 0 radical (unpaired) electrons. The quantitative estimate of drug-likeness (QED) is 0.0321. The predicted octanol–water partition coefficient (Wildman–Crippen LogP) is 17.3. The van der Waals surface area contributed by atoms with Crippen LogP contribution in [-0.4, -0.2) is 47.4 Å². The lowest BCUT2D eigenvalue weighted by atomic mass is 10.0. The third kappa shape index (κ3) is 49.9. The van der Waals surface area contributed by atoms with Crippen molar-refractivity contribution in [3.8, 4) is 0 Å². The molecule has 0 heterocycles. The van der Waals surface area contributed by atoms with Gasteiger partial charge in [0.1, 0.15) is 0 Å². The van der Waals surface area contributed by atoms with Crippen molar-refractivity contribution in [3.05, 3.63) is 12.2 Å². The van der Waals surface area contributed by atoms with Crippen molar-refractivity contribution in [2.24, 2.45) is 0 Å². The van der Waals surface area contributed by atoms with E-state index in [9.17, 15) is 19.8 Å². The molecule has 3 N–H and O–H groups in total. The average molecular weight is 891 g/mol. The van der Waals surface area contributed by atoms with E-state index in [1.165, 1.54) is 225 Å². The molecule has 0 bridgehead atoms. The summed E-state index contributed by atoms with van der Waals surface area (Å²) < 4.78 is 5.47. The van der Waals surface area contributed by atoms with Crippen LogP contribution in [0.3, 0.4) is 0 Å². The van der Waals surface area contributed by atoms with Gasteiger partial charge in [-0.25, -0.2) is 0 Å². The molecule has 0 aromatic rings. The van der Waals surface area contributed by atoms with Gasteiger partial charge in [-0.3, -0.25) is 9.59 Å². The Morgan fingerprint density at radius 2 is 0.746 bits per heavy atom. The second-order valence-electron chi connectivity index (χ2n) is 19.6. The van der Waals surface area contributed by atoms with Crippen LogP contribution in [0.25, 0.3) is 0 Å². The Hall–Kier alpha value is -1.40. The van der Waals surface area contributed by atoms with Crippen molar-refractivity contribution in [3.63, 3.8) is 0 Å². The molecule has 0 spiro atoms. The molecule has 0 aliphatic rings. The van der Waals surface area contributed by atoms with E-state index in [2.05, 4.69) is 31.3 Å². The van der Waals surface area contributed by atoms with Crippen molar-refractivity contribution in [1.29, 1.82) is 0 Å². The predicted molar refractivity (Wildman–Crippen MR) is 273 cm³/mol. The highest BCUT2D eigenvalue weighted by molar-refractivity contribution is 5.76. The summed E-state index contributed by atoms with van der Waals surface area (Å²) in [6, 6.07) is -0.555. The fourth-order valence-electron chi connectivity index (χ4n) is 8.93. The Bertz CT molecular complexity index is 939. The fourth-order valence-corrected chi connectivity index (χ4v) is 8.93. The zero-order chi connectivity index (χ0) is 45.8. The van der Waals surface area contributed by atoms with E-state index in [4.69, 9.17) is 4.74 Å². The Morgan fingerprint density at radius 3 is 1.13 bits per heavy atom. The number of aliphatic hydroxyl groups is 2. The first-order valence-corrected chi connectivity index (χ1v) is 28.4. The summed E-state index contributed by atoms with van der Waals surface area (Å²) in [5.41, 5.74) is 0. The summed E-state index contributed by atoms with van der Waals surface area (Å²) >= 11 is 0. The molecular formula is C57H111NO5. The molecule has 63 heavy (non-hydrogen) atoms. The van der Waals surface area contributed by atoms with E-state index in [-0.39, 0.29) is 18.5 Å². The van der Waals surface area contributed by atoms with Crippen LogP contribution in [0.15, 0.2) is 12.2 Å². The lowest BCUT2D eigenvalue weighted by molar-refractivity contribution is -0.143. The molecule has 0 aromatic heterocycles. The SMILES string of the molecule is CCCCCCCCC/C=C\CCCCCCCCCC(=O)OCCCCCCCCCCCCCC(=O)NC(CO)C(O)CCCCCCCCCCCCCCCCCCC. The number of allylic oxidation sites excluding steroid dienone is 2. The van der Waals surface area contributed by atoms with Crippen LogP contribution in [0.1, 0.15) is 316 Å². The summed E-state index contributed by atoms with van der Waals surface area (Å²) in [4.78, 5) is 24.6. The molecule has 6 nitrogen and oxygen atoms in total. The molecule has 374 valence electrons. The van der Waals surface area contributed by atoms with Crippen LogP contribution in [0, 0.1) is 0 Å². The van der Waals surface area contributed by atoms with E-state index < -0.39 is 12.1 Å². The summed E-state index contributed by atoms with van der Waals surface area (Å²) in [7, 11) is 0. The topological polar surface area (TPSA) is 95.9 Å². The van der Waals surface area contributed by atoms with Gasteiger partial charge in [0.2, 0.25) is 5.91 Å². The normalized spacial score (nSPS) is 12.6. The number of carbonyl (C=O) groups is 2. The number of ether oxygens (including phenoxy) is 1. The van der Waals surface area contributed by atoms with Gasteiger partial charge < -0.3 is 20.3 Å². The van der Waals surface area contributed by atoms with Gasteiger partial charge in [-0.2, -0.15) is 0 Å². The standard InChI is InChI=1S/C57H111NO5/c1-3-5-7-9-11-13-15-17-19-21-23-25-27-31-35-39-43-47-51-57(62)63-52-48-44-40-36-32-28-30-34-38-42-46-50-56(61)58-54(53-59)55(60)49-45-41-37-33-29-26-24-22-20-18-16-14-12-10-8-6-4-2/h19,21,54-55,59-60H,3-18,20,22-53H2,1-2H3,(H,58,61)/b21-19-. The summed E-state index contributed by atoms with van der Waals surface area (Å²) in [6.45, 7) is 4.93. The lowest BCUT2D eigenvalue weighted by Crippen LogP contribution is -2.45. The number of hydrogen-bond donors (Lipinski definition) is 3. The number of hydrogen-bond acceptors (Lipinski definition) is 5. The van der Waals surface area contributed by atoms with Gasteiger partial charge in [-0.15, -0.1) is 0 Å². The molecule has 0 fully saturated rings.